The Balaban J connectivity index is 3.07. The molecule has 0 unspecified atom stereocenters. The fraction of sp³-hybridized carbons (Fsp3) is 1.00. The molecule has 2 nitrogen and oxygen atoms in total. The zero-order valence-electron chi connectivity index (χ0n) is 9.67. The van der Waals surface area contributed by atoms with E-state index in [-0.39, 0.29) is 0 Å². The fourth-order valence-corrected chi connectivity index (χ4v) is 1.98. The minimum absolute atomic E-state index is 0.344. The molecule has 0 aliphatic heterocycles. The van der Waals surface area contributed by atoms with Gasteiger partial charge in [-0.3, -0.25) is 0 Å². The Hall–Kier alpha value is 0.270. The maximum Gasteiger partial charge on any atom is 0.0431 e. The topological polar surface area (TPSA) is 23.5 Å². The van der Waals surface area contributed by atoms with Gasteiger partial charge in [-0.15, -0.1) is 0 Å². The van der Waals surface area contributed by atoms with Crippen molar-refractivity contribution < 1.29 is 5.11 Å². The zero-order chi connectivity index (χ0) is 10.6. The number of hydrogen-bond acceptors (Lipinski definition) is 3. The number of aliphatic hydroxyl groups excluding tert-OH is 1. The summed E-state index contributed by atoms with van der Waals surface area (Å²) in [5.74, 6) is 2.53. The molecule has 3 heteroatoms. The molecule has 0 heterocycles. The van der Waals surface area contributed by atoms with E-state index in [1.54, 1.807) is 0 Å². The molecule has 0 atom stereocenters. The van der Waals surface area contributed by atoms with Crippen molar-refractivity contribution in [2.45, 2.75) is 32.6 Å². The first-order valence-corrected chi connectivity index (χ1v) is 6.84. The third-order valence-corrected chi connectivity index (χ3v) is 3.22. The maximum atomic E-state index is 8.62. The highest BCUT2D eigenvalue weighted by Crippen LogP contribution is 2.02. The van der Waals surface area contributed by atoms with Crippen molar-refractivity contribution in [2.75, 3.05) is 38.2 Å². The van der Waals surface area contributed by atoms with Crippen LogP contribution in [0, 0.1) is 0 Å². The molecule has 0 saturated carbocycles. The first-order valence-electron chi connectivity index (χ1n) is 5.68. The van der Waals surface area contributed by atoms with Gasteiger partial charge in [0.2, 0.25) is 0 Å². The second-order valence-electron chi connectivity index (χ2n) is 3.64. The molecule has 0 aromatic carbocycles. The lowest BCUT2D eigenvalue weighted by atomic mass is 10.2. The Morgan fingerprint density at radius 1 is 1.07 bits per heavy atom. The summed E-state index contributed by atoms with van der Waals surface area (Å²) in [6.45, 7) is 4.95. The van der Waals surface area contributed by atoms with Crippen LogP contribution < -0.4 is 0 Å². The van der Waals surface area contributed by atoms with Gasteiger partial charge in [0.05, 0.1) is 0 Å². The monoisotopic (exact) mass is 219 g/mol. The van der Waals surface area contributed by atoms with Gasteiger partial charge in [0.25, 0.3) is 0 Å². The molecular formula is C11H25NOS. The molecule has 0 saturated heterocycles. The maximum absolute atomic E-state index is 8.62. The van der Waals surface area contributed by atoms with Crippen LogP contribution in [-0.2, 0) is 0 Å². The lowest BCUT2D eigenvalue weighted by Crippen LogP contribution is -2.21. The highest BCUT2D eigenvalue weighted by molar-refractivity contribution is 7.99. The average Bonchev–Trinajstić information content (AvgIpc) is 2.19. The molecule has 0 radical (unpaired) electrons. The van der Waals surface area contributed by atoms with Crippen molar-refractivity contribution in [2.24, 2.45) is 0 Å². The van der Waals surface area contributed by atoms with Crippen LogP contribution in [-0.4, -0.2) is 48.3 Å². The highest BCUT2D eigenvalue weighted by atomic mass is 32.2. The van der Waals surface area contributed by atoms with Crippen molar-refractivity contribution in [3.63, 3.8) is 0 Å². The van der Waals surface area contributed by atoms with E-state index in [0.717, 1.165) is 12.8 Å². The lowest BCUT2D eigenvalue weighted by molar-refractivity contribution is 0.273. The Kier molecular flexibility index (Phi) is 11.6. The molecular weight excluding hydrogens is 194 g/mol. The normalized spacial score (nSPS) is 11.1. The predicted octanol–water partition coefficient (Wildman–Crippen LogP) is 2.22. The summed E-state index contributed by atoms with van der Waals surface area (Å²) in [5.41, 5.74) is 0. The first-order chi connectivity index (χ1) is 6.81. The average molecular weight is 219 g/mol. The molecule has 0 fully saturated rings. The van der Waals surface area contributed by atoms with Crippen molar-refractivity contribution in [3.05, 3.63) is 0 Å². The van der Waals surface area contributed by atoms with Gasteiger partial charge in [-0.05, 0) is 57.3 Å². The smallest absolute Gasteiger partial charge is 0.0431 e. The molecule has 0 aliphatic carbocycles. The molecule has 0 aromatic rings. The van der Waals surface area contributed by atoms with E-state index in [2.05, 4.69) is 18.9 Å². The van der Waals surface area contributed by atoms with Gasteiger partial charge in [0, 0.05) is 6.61 Å². The van der Waals surface area contributed by atoms with Crippen molar-refractivity contribution >= 4 is 11.8 Å². The Morgan fingerprint density at radius 2 is 1.79 bits per heavy atom. The standard InChI is InChI=1S/C11H25NOS/c1-3-14-11-7-9-12(2)8-5-4-6-10-13/h13H,3-11H2,1-2H3. The van der Waals surface area contributed by atoms with Crippen LogP contribution >= 0.6 is 11.8 Å². The summed E-state index contributed by atoms with van der Waals surface area (Å²) in [5, 5.41) is 8.62. The number of unbranched alkanes of at least 4 members (excludes halogenated alkanes) is 2. The van der Waals surface area contributed by atoms with Gasteiger partial charge in [-0.25, -0.2) is 0 Å². The molecule has 0 aliphatic rings. The predicted molar refractivity (Wildman–Crippen MR) is 66.0 cm³/mol. The summed E-state index contributed by atoms with van der Waals surface area (Å²) in [7, 11) is 2.19. The van der Waals surface area contributed by atoms with Crippen LogP contribution in [0.15, 0.2) is 0 Å². The molecule has 14 heavy (non-hydrogen) atoms. The summed E-state index contributed by atoms with van der Waals surface area (Å²) in [6.07, 6.45) is 4.64. The van der Waals surface area contributed by atoms with Crippen LogP contribution in [0.3, 0.4) is 0 Å². The Bertz CT molecular complexity index is 99.5. The molecule has 0 bridgehead atoms. The third kappa shape index (κ3) is 10.4. The van der Waals surface area contributed by atoms with E-state index in [4.69, 9.17) is 5.11 Å². The SMILES string of the molecule is CCSCCCN(C)CCCCCO. The molecule has 0 spiro atoms. The lowest BCUT2D eigenvalue weighted by Gasteiger charge is -2.15. The Labute approximate surface area is 93.1 Å². The number of nitrogens with zero attached hydrogens (tertiary/aromatic N) is 1. The van der Waals surface area contributed by atoms with Gasteiger partial charge in [-0.1, -0.05) is 6.92 Å². The third-order valence-electron chi connectivity index (χ3n) is 2.23. The van der Waals surface area contributed by atoms with Crippen molar-refractivity contribution in [1.82, 2.24) is 4.90 Å². The van der Waals surface area contributed by atoms with Gasteiger partial charge in [0.1, 0.15) is 0 Å². The second kappa shape index (κ2) is 11.3. The van der Waals surface area contributed by atoms with Gasteiger partial charge >= 0.3 is 0 Å². The van der Waals surface area contributed by atoms with E-state index < -0.39 is 0 Å². The molecule has 1 N–H and O–H groups in total. The quantitative estimate of drug-likeness (QED) is 0.570. The largest absolute Gasteiger partial charge is 0.396 e. The van der Waals surface area contributed by atoms with E-state index in [1.165, 1.54) is 37.4 Å². The van der Waals surface area contributed by atoms with E-state index in [9.17, 15) is 0 Å². The van der Waals surface area contributed by atoms with Crippen molar-refractivity contribution in [3.8, 4) is 0 Å². The summed E-state index contributed by atoms with van der Waals surface area (Å²) < 4.78 is 0. The Morgan fingerprint density at radius 3 is 2.43 bits per heavy atom. The van der Waals surface area contributed by atoms with Gasteiger partial charge in [-0.2, -0.15) is 11.8 Å². The summed E-state index contributed by atoms with van der Waals surface area (Å²) >= 11 is 2.02. The van der Waals surface area contributed by atoms with Crippen molar-refractivity contribution in [1.29, 1.82) is 0 Å². The van der Waals surface area contributed by atoms with Crippen LogP contribution in [0.4, 0.5) is 0 Å². The van der Waals surface area contributed by atoms with E-state index in [0.29, 0.717) is 6.61 Å². The number of rotatable bonds is 10. The van der Waals surface area contributed by atoms with Gasteiger partial charge < -0.3 is 10.0 Å². The minimum Gasteiger partial charge on any atom is -0.396 e. The zero-order valence-corrected chi connectivity index (χ0v) is 10.5. The molecule has 0 amide bonds. The highest BCUT2D eigenvalue weighted by Gasteiger charge is 1.97. The summed E-state index contributed by atoms with van der Waals surface area (Å²) in [6, 6.07) is 0. The second-order valence-corrected chi connectivity index (χ2v) is 5.03. The van der Waals surface area contributed by atoms with Crippen LogP contribution in [0.5, 0.6) is 0 Å². The minimum atomic E-state index is 0.344. The first kappa shape index (κ1) is 14.3. The summed E-state index contributed by atoms with van der Waals surface area (Å²) in [4.78, 5) is 2.40. The number of thioether (sulfide) groups is 1. The fourth-order valence-electron chi connectivity index (χ4n) is 1.36. The van der Waals surface area contributed by atoms with Crippen LogP contribution in [0.2, 0.25) is 0 Å². The molecule has 0 rings (SSSR count). The van der Waals surface area contributed by atoms with E-state index >= 15 is 0 Å². The number of hydrogen-bond donors (Lipinski definition) is 1. The molecule has 86 valence electrons. The van der Waals surface area contributed by atoms with Crippen LogP contribution in [0.25, 0.3) is 0 Å². The number of aliphatic hydroxyl groups is 1. The molecule has 0 aromatic heterocycles. The van der Waals surface area contributed by atoms with Crippen LogP contribution in [0.1, 0.15) is 32.6 Å². The van der Waals surface area contributed by atoms with E-state index in [1.807, 2.05) is 11.8 Å². The van der Waals surface area contributed by atoms with Gasteiger partial charge in [0.15, 0.2) is 0 Å².